The molecule has 0 unspecified atom stereocenters. The largest absolute Gasteiger partial charge is 0.454 e. The predicted molar refractivity (Wildman–Crippen MR) is 89.5 cm³/mol. The van der Waals surface area contributed by atoms with Gasteiger partial charge in [0.25, 0.3) is 0 Å². The van der Waals surface area contributed by atoms with Gasteiger partial charge >= 0.3 is 0 Å². The fourth-order valence-corrected chi connectivity index (χ4v) is 3.20. The van der Waals surface area contributed by atoms with E-state index in [4.69, 9.17) is 9.47 Å². The monoisotopic (exact) mass is 358 g/mol. The van der Waals surface area contributed by atoms with Crippen molar-refractivity contribution in [2.45, 2.75) is 10.8 Å². The van der Waals surface area contributed by atoms with Crippen molar-refractivity contribution in [3.8, 4) is 22.8 Å². The Bertz CT molecular complexity index is 899. The lowest BCUT2D eigenvalue weighted by Crippen LogP contribution is -1.93. The lowest BCUT2D eigenvalue weighted by atomic mass is 10.1. The number of nitrogens with zero attached hydrogens (tertiary/aromatic N) is 2. The first kappa shape index (κ1) is 15.8. The number of hydrogen-bond donors (Lipinski definition) is 0. The summed E-state index contributed by atoms with van der Waals surface area (Å²) in [6.07, 6.45) is 0. The van der Waals surface area contributed by atoms with Gasteiger partial charge in [-0.3, -0.25) is 0 Å². The summed E-state index contributed by atoms with van der Waals surface area (Å²) in [5.41, 5.74) is 2.14. The number of halogens is 2. The highest BCUT2D eigenvalue weighted by molar-refractivity contribution is 7.98. The molecule has 4 nitrogen and oxygen atoms in total. The molecule has 3 aromatic rings. The maximum absolute atomic E-state index is 13.2. The Labute approximate surface area is 146 Å². The van der Waals surface area contributed by atoms with E-state index in [1.807, 2.05) is 30.3 Å². The van der Waals surface area contributed by atoms with Crippen LogP contribution in [0, 0.1) is 11.6 Å². The molecule has 7 heteroatoms. The lowest BCUT2D eigenvalue weighted by molar-refractivity contribution is 0.174. The summed E-state index contributed by atoms with van der Waals surface area (Å²) >= 11 is 1.36. The molecule has 0 spiro atoms. The van der Waals surface area contributed by atoms with Crippen LogP contribution in [0.4, 0.5) is 8.78 Å². The molecule has 0 saturated carbocycles. The van der Waals surface area contributed by atoms with Crippen molar-refractivity contribution in [1.29, 1.82) is 0 Å². The summed E-state index contributed by atoms with van der Waals surface area (Å²) in [6.45, 7) is 0.223. The van der Waals surface area contributed by atoms with Crippen molar-refractivity contribution in [3.05, 3.63) is 65.7 Å². The minimum Gasteiger partial charge on any atom is -0.454 e. The average molecular weight is 358 g/mol. The molecule has 0 N–H and O–H groups in total. The second-order valence-corrected chi connectivity index (χ2v) is 6.39. The van der Waals surface area contributed by atoms with Crippen LogP contribution in [0.2, 0.25) is 0 Å². The Morgan fingerprint density at radius 2 is 1.68 bits per heavy atom. The second-order valence-electron chi connectivity index (χ2n) is 5.39. The van der Waals surface area contributed by atoms with Gasteiger partial charge in [-0.15, -0.1) is 10.2 Å². The van der Waals surface area contributed by atoms with Gasteiger partial charge in [-0.2, -0.15) is 0 Å². The summed E-state index contributed by atoms with van der Waals surface area (Å²) < 4.78 is 37.0. The maximum Gasteiger partial charge on any atom is 0.231 e. The minimum atomic E-state index is -0.583. The molecule has 0 saturated heterocycles. The van der Waals surface area contributed by atoms with Crippen LogP contribution in [0.5, 0.6) is 11.5 Å². The van der Waals surface area contributed by atoms with Crippen molar-refractivity contribution in [3.63, 3.8) is 0 Å². The van der Waals surface area contributed by atoms with E-state index >= 15 is 0 Å². The van der Waals surface area contributed by atoms with E-state index < -0.39 is 11.6 Å². The zero-order valence-electron chi connectivity index (χ0n) is 12.9. The van der Waals surface area contributed by atoms with Gasteiger partial charge < -0.3 is 9.47 Å². The number of rotatable bonds is 4. The number of thioether (sulfide) groups is 1. The van der Waals surface area contributed by atoms with Crippen LogP contribution in [0.15, 0.2) is 53.6 Å². The molecule has 1 aliphatic heterocycles. The van der Waals surface area contributed by atoms with E-state index in [9.17, 15) is 8.78 Å². The SMILES string of the molecule is Fc1cc(F)cc(CSc2ccc(-c3ccc4c(c3)OCO4)nn2)c1. The van der Waals surface area contributed by atoms with Crippen LogP contribution in [-0.2, 0) is 5.75 Å². The van der Waals surface area contributed by atoms with Crippen molar-refractivity contribution < 1.29 is 18.3 Å². The predicted octanol–water partition coefficient (Wildman–Crippen LogP) is 4.44. The van der Waals surface area contributed by atoms with E-state index in [2.05, 4.69) is 10.2 Å². The fraction of sp³-hybridized carbons (Fsp3) is 0.111. The molecule has 1 aromatic heterocycles. The fourth-order valence-electron chi connectivity index (χ4n) is 2.46. The van der Waals surface area contributed by atoms with Gasteiger partial charge in [-0.1, -0.05) is 11.8 Å². The third kappa shape index (κ3) is 3.56. The molecule has 2 aromatic carbocycles. The Morgan fingerprint density at radius 3 is 2.44 bits per heavy atom. The van der Waals surface area contributed by atoms with E-state index in [0.717, 1.165) is 11.6 Å². The third-order valence-electron chi connectivity index (χ3n) is 3.62. The summed E-state index contributed by atoms with van der Waals surface area (Å²) in [5.74, 6) is 0.643. The minimum absolute atomic E-state index is 0.223. The average Bonchev–Trinajstić information content (AvgIpc) is 3.07. The third-order valence-corrected chi connectivity index (χ3v) is 4.61. The van der Waals surface area contributed by atoms with Gasteiger partial charge in [0, 0.05) is 17.4 Å². The topological polar surface area (TPSA) is 44.2 Å². The van der Waals surface area contributed by atoms with Gasteiger partial charge in [0.1, 0.15) is 16.7 Å². The molecular weight excluding hydrogens is 346 g/mol. The number of aromatic nitrogens is 2. The highest BCUT2D eigenvalue weighted by Gasteiger charge is 2.14. The smallest absolute Gasteiger partial charge is 0.231 e. The van der Waals surface area contributed by atoms with Crippen LogP contribution >= 0.6 is 11.8 Å². The maximum atomic E-state index is 13.2. The standard InChI is InChI=1S/C18H12F2N2O2S/c19-13-5-11(6-14(20)8-13)9-25-18-4-2-15(21-22-18)12-1-3-16-17(7-12)24-10-23-16/h1-8H,9-10H2. The molecule has 2 heterocycles. The Kier molecular flexibility index (Phi) is 4.23. The Hall–Kier alpha value is -2.67. The number of benzene rings is 2. The number of hydrogen-bond acceptors (Lipinski definition) is 5. The molecule has 1 aliphatic rings. The molecular formula is C18H12F2N2O2S. The van der Waals surface area contributed by atoms with Crippen molar-refractivity contribution >= 4 is 11.8 Å². The number of ether oxygens (including phenoxy) is 2. The van der Waals surface area contributed by atoms with Crippen molar-refractivity contribution in [2.75, 3.05) is 6.79 Å². The quantitative estimate of drug-likeness (QED) is 0.645. The molecule has 0 aliphatic carbocycles. The highest BCUT2D eigenvalue weighted by Crippen LogP contribution is 2.35. The zero-order valence-corrected chi connectivity index (χ0v) is 13.7. The molecule has 0 fully saturated rings. The first-order valence-electron chi connectivity index (χ1n) is 7.49. The van der Waals surface area contributed by atoms with Gasteiger partial charge in [-0.25, -0.2) is 8.78 Å². The van der Waals surface area contributed by atoms with Gasteiger partial charge in [0.2, 0.25) is 6.79 Å². The molecule has 126 valence electrons. The molecule has 4 rings (SSSR count). The first-order valence-corrected chi connectivity index (χ1v) is 8.47. The number of fused-ring (bicyclic) bond motifs is 1. The normalized spacial score (nSPS) is 12.4. The van der Waals surface area contributed by atoms with E-state index in [-0.39, 0.29) is 6.79 Å². The van der Waals surface area contributed by atoms with Crippen LogP contribution in [-0.4, -0.2) is 17.0 Å². The molecule has 0 amide bonds. The second kappa shape index (κ2) is 6.68. The Morgan fingerprint density at radius 1 is 0.880 bits per heavy atom. The van der Waals surface area contributed by atoms with Crippen LogP contribution < -0.4 is 9.47 Å². The summed E-state index contributed by atoms with van der Waals surface area (Å²) in [5, 5.41) is 9.04. The lowest BCUT2D eigenvalue weighted by Gasteiger charge is -2.04. The Balaban J connectivity index is 1.46. The van der Waals surface area contributed by atoms with Crippen LogP contribution in [0.25, 0.3) is 11.3 Å². The van der Waals surface area contributed by atoms with Crippen LogP contribution in [0.3, 0.4) is 0 Å². The molecule has 0 bridgehead atoms. The zero-order chi connectivity index (χ0) is 17.2. The molecule has 0 radical (unpaired) electrons. The van der Waals surface area contributed by atoms with Gasteiger partial charge in [0.05, 0.1) is 5.69 Å². The summed E-state index contributed by atoms with van der Waals surface area (Å²) in [7, 11) is 0. The molecule has 0 atom stereocenters. The van der Waals surface area contributed by atoms with Crippen LogP contribution in [0.1, 0.15) is 5.56 Å². The first-order chi connectivity index (χ1) is 12.2. The van der Waals surface area contributed by atoms with Gasteiger partial charge in [0.15, 0.2) is 11.5 Å². The van der Waals surface area contributed by atoms with Crippen molar-refractivity contribution in [2.24, 2.45) is 0 Å². The molecule has 25 heavy (non-hydrogen) atoms. The van der Waals surface area contributed by atoms with E-state index in [0.29, 0.717) is 33.5 Å². The van der Waals surface area contributed by atoms with E-state index in [1.54, 1.807) is 0 Å². The van der Waals surface area contributed by atoms with Gasteiger partial charge in [-0.05, 0) is 48.0 Å². The highest BCUT2D eigenvalue weighted by atomic mass is 32.2. The van der Waals surface area contributed by atoms with Crippen molar-refractivity contribution in [1.82, 2.24) is 10.2 Å². The summed E-state index contributed by atoms with van der Waals surface area (Å²) in [6, 6.07) is 12.7. The summed E-state index contributed by atoms with van der Waals surface area (Å²) in [4.78, 5) is 0. The van der Waals surface area contributed by atoms with E-state index in [1.165, 1.54) is 23.9 Å².